The summed E-state index contributed by atoms with van der Waals surface area (Å²) >= 11 is 5.37. The van der Waals surface area contributed by atoms with E-state index in [1.54, 1.807) is 24.3 Å². The maximum absolute atomic E-state index is 13.1. The number of esters is 1. The summed E-state index contributed by atoms with van der Waals surface area (Å²) in [5.41, 5.74) is 1.40. The number of nitro groups is 1. The first-order chi connectivity index (χ1) is 16.2. The Labute approximate surface area is 204 Å². The van der Waals surface area contributed by atoms with Gasteiger partial charge in [-0.25, -0.2) is 4.79 Å². The maximum Gasteiger partial charge on any atom is 0.338 e. The number of carbonyl (C=O) groups is 2. The van der Waals surface area contributed by atoms with Crippen LogP contribution in [0, 0.1) is 17.0 Å². The van der Waals surface area contributed by atoms with Crippen molar-refractivity contribution in [2.75, 3.05) is 5.75 Å². The molecule has 34 heavy (non-hydrogen) atoms. The van der Waals surface area contributed by atoms with Gasteiger partial charge in [0.15, 0.2) is 6.04 Å². The van der Waals surface area contributed by atoms with Gasteiger partial charge in [0, 0.05) is 28.7 Å². The second-order valence-corrected chi connectivity index (χ2v) is 9.51. The van der Waals surface area contributed by atoms with Gasteiger partial charge in [-0.05, 0) is 49.0 Å². The van der Waals surface area contributed by atoms with Crippen LogP contribution in [-0.2, 0) is 31.7 Å². The van der Waals surface area contributed by atoms with Crippen molar-refractivity contribution in [1.29, 1.82) is 0 Å². The van der Waals surface area contributed by atoms with Gasteiger partial charge in [0.2, 0.25) is 11.0 Å². The lowest BCUT2D eigenvalue weighted by Gasteiger charge is -2.43. The maximum atomic E-state index is 13.1. The Kier molecular flexibility index (Phi) is 8.24. The molecule has 1 saturated heterocycles. The van der Waals surface area contributed by atoms with Gasteiger partial charge in [0.05, 0.1) is 11.3 Å². The molecule has 9 nitrogen and oxygen atoms in total. The SMILES string of the molecule is C=CCS(=O)C1CC(=O)N1C(C(=O)OCc1ccc([N+](=O)[O-])cc1)C(=S)Oc1ccc(C)cc1. The largest absolute Gasteiger partial charge is 0.459 e. The predicted molar refractivity (Wildman–Crippen MR) is 130 cm³/mol. The molecule has 1 fully saturated rings. The van der Waals surface area contributed by atoms with Gasteiger partial charge in [-0.15, -0.1) is 6.58 Å². The smallest absolute Gasteiger partial charge is 0.338 e. The number of non-ortho nitro benzene ring substituents is 1. The lowest BCUT2D eigenvalue weighted by Crippen LogP contribution is -2.64. The highest BCUT2D eigenvalue weighted by Gasteiger charge is 2.49. The van der Waals surface area contributed by atoms with Gasteiger partial charge in [-0.1, -0.05) is 23.8 Å². The number of carbonyl (C=O) groups excluding carboxylic acids is 2. The van der Waals surface area contributed by atoms with Gasteiger partial charge >= 0.3 is 5.97 Å². The molecule has 11 heteroatoms. The highest BCUT2D eigenvalue weighted by Crippen LogP contribution is 2.28. The number of ether oxygens (including phenoxy) is 2. The van der Waals surface area contributed by atoms with Crippen LogP contribution in [0.1, 0.15) is 17.5 Å². The third-order valence-electron chi connectivity index (χ3n) is 5.03. The number of aryl methyl sites for hydroxylation is 1. The molecule has 1 aliphatic heterocycles. The van der Waals surface area contributed by atoms with Crippen molar-refractivity contribution in [2.24, 2.45) is 0 Å². The zero-order valence-electron chi connectivity index (χ0n) is 18.2. The molecular weight excluding hydrogens is 480 g/mol. The van der Waals surface area contributed by atoms with E-state index in [9.17, 15) is 23.9 Å². The molecule has 0 aromatic heterocycles. The van der Waals surface area contributed by atoms with Crippen molar-refractivity contribution < 1.29 is 28.2 Å². The van der Waals surface area contributed by atoms with E-state index in [1.165, 1.54) is 30.3 Å². The van der Waals surface area contributed by atoms with Crippen molar-refractivity contribution in [3.8, 4) is 5.75 Å². The minimum Gasteiger partial charge on any atom is -0.459 e. The minimum atomic E-state index is -1.48. The van der Waals surface area contributed by atoms with Crippen molar-refractivity contribution in [1.82, 2.24) is 4.90 Å². The summed E-state index contributed by atoms with van der Waals surface area (Å²) in [6, 6.07) is 11.1. The third kappa shape index (κ3) is 5.91. The fourth-order valence-electron chi connectivity index (χ4n) is 3.21. The molecule has 2 aromatic rings. The molecule has 1 aliphatic rings. The summed E-state index contributed by atoms with van der Waals surface area (Å²) in [5, 5.41) is 9.86. The second kappa shape index (κ2) is 11.1. The zero-order valence-corrected chi connectivity index (χ0v) is 19.9. The molecule has 0 aliphatic carbocycles. The average molecular weight is 503 g/mol. The van der Waals surface area contributed by atoms with Crippen LogP contribution >= 0.6 is 12.2 Å². The number of amides is 1. The van der Waals surface area contributed by atoms with Gasteiger partial charge in [0.25, 0.3) is 5.69 Å². The second-order valence-electron chi connectivity index (χ2n) is 7.46. The summed E-state index contributed by atoms with van der Waals surface area (Å²) in [5.74, 6) is -0.746. The molecular formula is C23H22N2O7S2. The zero-order chi connectivity index (χ0) is 24.8. The number of β-lactam (4-membered cyclic amide) rings is 1. The number of hydrogen-bond donors (Lipinski definition) is 0. The monoisotopic (exact) mass is 502 g/mol. The van der Waals surface area contributed by atoms with Crippen molar-refractivity contribution in [3.05, 3.63) is 82.4 Å². The van der Waals surface area contributed by atoms with Gasteiger partial charge in [-0.2, -0.15) is 0 Å². The predicted octanol–water partition coefficient (Wildman–Crippen LogP) is 3.21. The number of nitro benzene ring substituents is 1. The van der Waals surface area contributed by atoms with Crippen LogP contribution in [0.4, 0.5) is 5.69 Å². The van der Waals surface area contributed by atoms with Gasteiger partial charge in [0.1, 0.15) is 17.7 Å². The molecule has 0 spiro atoms. The molecule has 3 unspecified atom stereocenters. The Hall–Kier alpha value is -3.44. The van der Waals surface area contributed by atoms with E-state index in [0.717, 1.165) is 10.5 Å². The Bertz CT molecular complexity index is 1130. The number of likely N-dealkylation sites (tertiary alicyclic amines) is 1. The summed E-state index contributed by atoms with van der Waals surface area (Å²) in [6.07, 6.45) is 1.47. The Balaban J connectivity index is 1.80. The van der Waals surface area contributed by atoms with Crippen LogP contribution in [-0.4, -0.2) is 48.1 Å². The van der Waals surface area contributed by atoms with Gasteiger partial charge < -0.3 is 14.4 Å². The van der Waals surface area contributed by atoms with Crippen molar-refractivity contribution in [3.63, 3.8) is 0 Å². The number of nitrogens with zero attached hydrogens (tertiary/aromatic N) is 2. The topological polar surface area (TPSA) is 116 Å². The van der Waals surface area contributed by atoms with E-state index >= 15 is 0 Å². The number of benzene rings is 2. The Morgan fingerprint density at radius 3 is 2.50 bits per heavy atom. The van der Waals surface area contributed by atoms with E-state index in [2.05, 4.69) is 6.58 Å². The first-order valence-corrected chi connectivity index (χ1v) is 12.0. The van der Waals surface area contributed by atoms with E-state index in [1.807, 2.05) is 6.92 Å². The molecule has 3 rings (SSSR count). The molecule has 2 aromatic carbocycles. The highest BCUT2D eigenvalue weighted by atomic mass is 32.2. The van der Waals surface area contributed by atoms with Crippen LogP contribution in [0.25, 0.3) is 0 Å². The van der Waals surface area contributed by atoms with Crippen LogP contribution in [0.3, 0.4) is 0 Å². The molecule has 0 bridgehead atoms. The molecule has 0 saturated carbocycles. The standard InChI is InChI=1S/C23H22N2O7S2/c1-3-12-34(30)20-13-19(26)24(20)21(23(33)32-18-10-4-15(2)5-11-18)22(27)31-14-16-6-8-17(9-7-16)25(28)29/h3-11,20-21H,1,12-14H2,2H3. The summed E-state index contributed by atoms with van der Waals surface area (Å²) in [6.45, 7) is 5.26. The molecule has 0 N–H and O–H groups in total. The van der Waals surface area contributed by atoms with E-state index < -0.39 is 39.0 Å². The summed E-state index contributed by atoms with van der Waals surface area (Å²) in [7, 11) is -1.48. The fourth-order valence-corrected chi connectivity index (χ4v) is 4.79. The Morgan fingerprint density at radius 2 is 1.94 bits per heavy atom. The average Bonchev–Trinajstić information content (AvgIpc) is 2.81. The van der Waals surface area contributed by atoms with E-state index in [0.29, 0.717) is 11.3 Å². The fraction of sp³-hybridized carbons (Fsp3) is 0.261. The normalized spacial score (nSPS) is 16.7. The van der Waals surface area contributed by atoms with Crippen LogP contribution in [0.2, 0.25) is 0 Å². The van der Waals surface area contributed by atoms with Crippen LogP contribution in [0.5, 0.6) is 5.75 Å². The van der Waals surface area contributed by atoms with Crippen molar-refractivity contribution in [2.45, 2.75) is 31.4 Å². The minimum absolute atomic E-state index is 0.000269. The van der Waals surface area contributed by atoms with E-state index in [4.69, 9.17) is 21.7 Å². The van der Waals surface area contributed by atoms with Gasteiger partial charge in [-0.3, -0.25) is 19.1 Å². The lowest BCUT2D eigenvalue weighted by atomic mass is 10.1. The highest BCUT2D eigenvalue weighted by molar-refractivity contribution is 7.85. The molecule has 0 radical (unpaired) electrons. The number of thiocarbonyl (C=S) groups is 1. The van der Waals surface area contributed by atoms with Crippen molar-refractivity contribution >= 4 is 45.6 Å². The Morgan fingerprint density at radius 1 is 1.29 bits per heavy atom. The van der Waals surface area contributed by atoms with Crippen LogP contribution in [0.15, 0.2) is 61.2 Å². The summed E-state index contributed by atoms with van der Waals surface area (Å²) in [4.78, 5) is 36.9. The quantitative estimate of drug-likeness (QED) is 0.121. The number of rotatable bonds is 10. The number of hydrogen-bond acceptors (Lipinski definition) is 8. The first kappa shape index (κ1) is 25.2. The third-order valence-corrected chi connectivity index (χ3v) is 6.90. The molecule has 1 amide bonds. The molecule has 1 heterocycles. The van der Waals surface area contributed by atoms with Crippen LogP contribution < -0.4 is 4.74 Å². The molecule has 178 valence electrons. The summed E-state index contributed by atoms with van der Waals surface area (Å²) < 4.78 is 23.6. The lowest BCUT2D eigenvalue weighted by molar-refractivity contribution is -0.384. The van der Waals surface area contributed by atoms with E-state index in [-0.39, 0.29) is 29.5 Å². The molecule has 3 atom stereocenters. The first-order valence-electron chi connectivity index (χ1n) is 10.2.